The van der Waals surface area contributed by atoms with E-state index in [1.165, 1.54) is 128 Å². The molecule has 0 aliphatic heterocycles. The summed E-state index contributed by atoms with van der Waals surface area (Å²) in [5.74, 6) is -2.14. The molecule has 0 aromatic carbocycles. The molecule has 0 fully saturated rings. The molecular weight excluding hydrogens is 1070 g/mol. The summed E-state index contributed by atoms with van der Waals surface area (Å²) in [6.45, 7) is 4.82. The normalized spacial score (nSPS) is 14.2. The van der Waals surface area contributed by atoms with E-state index in [2.05, 4.69) is 27.7 Å². The van der Waals surface area contributed by atoms with Crippen LogP contribution in [0.5, 0.6) is 0 Å². The molecule has 19 heteroatoms. The van der Waals surface area contributed by atoms with Crippen LogP contribution in [0.15, 0.2) is 0 Å². The molecule has 0 radical (unpaired) electrons. The minimum atomic E-state index is -4.94. The Balaban J connectivity index is 5.19. The van der Waals surface area contributed by atoms with E-state index in [0.717, 1.165) is 103 Å². The quantitative estimate of drug-likeness (QED) is 0.0222. The number of ether oxygens (including phenoxy) is 4. The Morgan fingerprint density at radius 2 is 0.500 bits per heavy atom. The highest BCUT2D eigenvalue weighted by atomic mass is 31.2. The summed E-state index contributed by atoms with van der Waals surface area (Å²) in [4.78, 5) is 71.9. The molecule has 0 bridgehead atoms. The van der Waals surface area contributed by atoms with E-state index >= 15 is 0 Å². The summed E-state index contributed by atoms with van der Waals surface area (Å²) in [6.07, 6.45) is 40.3. The molecule has 0 amide bonds. The fourth-order valence-electron chi connectivity index (χ4n) is 9.10. The van der Waals surface area contributed by atoms with Crippen LogP contribution in [0.25, 0.3) is 0 Å². The van der Waals surface area contributed by atoms with Gasteiger partial charge in [-0.15, -0.1) is 0 Å². The number of carbonyl (C=O) groups excluding carboxylic acids is 4. The first-order valence-corrected chi connectivity index (χ1v) is 35.3. The molecule has 0 aliphatic carbocycles. The molecule has 5 atom stereocenters. The van der Waals surface area contributed by atoms with Crippen LogP contribution in [0.3, 0.4) is 0 Å². The smallest absolute Gasteiger partial charge is 0.462 e. The standard InChI is InChI=1S/C61H118O17P2/c1-5-9-13-17-21-24-26-28-31-34-38-42-46-59(64)72-52-57(77-60(65)47-43-39-35-30-23-19-15-11-7-3)54-76-80(69,70)74-50-55(62)49-73-79(67,68)75-53-56(51-71-58(63)45-41-37-33-20-16-12-8-4)78-61(66)48-44-40-36-32-29-27-25-22-18-14-10-6-2/h55-57,62H,5-54H2,1-4H3,(H,67,68)(H,69,70)/t55-,56-,57-/m1/s1. The Morgan fingerprint density at radius 1 is 0.300 bits per heavy atom. The lowest BCUT2D eigenvalue weighted by atomic mass is 10.0. The first-order chi connectivity index (χ1) is 38.7. The zero-order valence-electron chi connectivity index (χ0n) is 51.0. The minimum Gasteiger partial charge on any atom is -0.462 e. The van der Waals surface area contributed by atoms with E-state index in [4.69, 9.17) is 37.0 Å². The van der Waals surface area contributed by atoms with Crippen molar-refractivity contribution < 1.29 is 80.2 Å². The molecule has 80 heavy (non-hydrogen) atoms. The number of unbranched alkanes of at least 4 members (excludes halogenated alkanes) is 36. The zero-order chi connectivity index (χ0) is 59.1. The third kappa shape index (κ3) is 55.3. The molecule has 0 aromatic heterocycles. The third-order valence-electron chi connectivity index (χ3n) is 14.1. The highest BCUT2D eigenvalue weighted by Crippen LogP contribution is 2.45. The highest BCUT2D eigenvalue weighted by Gasteiger charge is 2.30. The summed E-state index contributed by atoms with van der Waals surface area (Å²) in [5, 5.41) is 10.5. The van der Waals surface area contributed by atoms with Crippen LogP contribution in [0.1, 0.15) is 310 Å². The number of phosphoric acid groups is 2. The van der Waals surface area contributed by atoms with Crippen molar-refractivity contribution in [1.29, 1.82) is 0 Å². The molecule has 0 spiro atoms. The van der Waals surface area contributed by atoms with E-state index in [9.17, 15) is 43.2 Å². The molecule has 0 saturated carbocycles. The maximum atomic E-state index is 12.9. The molecule has 2 unspecified atom stereocenters. The van der Waals surface area contributed by atoms with Gasteiger partial charge in [0.15, 0.2) is 12.2 Å². The van der Waals surface area contributed by atoms with E-state index in [-0.39, 0.29) is 25.7 Å². The van der Waals surface area contributed by atoms with E-state index in [1.54, 1.807) is 0 Å². The number of hydrogen-bond donors (Lipinski definition) is 3. The van der Waals surface area contributed by atoms with E-state index in [0.29, 0.717) is 25.7 Å². The summed E-state index contributed by atoms with van der Waals surface area (Å²) in [6, 6.07) is 0. The van der Waals surface area contributed by atoms with Crippen LogP contribution in [0, 0.1) is 0 Å². The second-order valence-corrected chi connectivity index (χ2v) is 25.0. The number of rotatable bonds is 62. The Hall–Kier alpha value is -1.94. The largest absolute Gasteiger partial charge is 0.472 e. The second-order valence-electron chi connectivity index (χ2n) is 22.1. The summed E-state index contributed by atoms with van der Waals surface area (Å²) >= 11 is 0. The van der Waals surface area contributed by atoms with Crippen molar-refractivity contribution in [3.8, 4) is 0 Å². The monoisotopic (exact) mass is 1180 g/mol. The lowest BCUT2D eigenvalue weighted by Gasteiger charge is -2.21. The maximum absolute atomic E-state index is 12.9. The molecule has 0 rings (SSSR count). The van der Waals surface area contributed by atoms with Crippen molar-refractivity contribution in [2.45, 2.75) is 329 Å². The number of aliphatic hydroxyl groups is 1. The lowest BCUT2D eigenvalue weighted by molar-refractivity contribution is -0.161. The zero-order valence-corrected chi connectivity index (χ0v) is 52.8. The van der Waals surface area contributed by atoms with Gasteiger partial charge in [0, 0.05) is 25.7 Å². The predicted octanol–water partition coefficient (Wildman–Crippen LogP) is 16.8. The summed E-state index contributed by atoms with van der Waals surface area (Å²) in [7, 11) is -9.87. The van der Waals surface area contributed by atoms with Crippen LogP contribution >= 0.6 is 15.6 Å². The van der Waals surface area contributed by atoms with Gasteiger partial charge in [-0.25, -0.2) is 9.13 Å². The fraction of sp³-hybridized carbons (Fsp3) is 0.934. The first-order valence-electron chi connectivity index (χ1n) is 32.3. The van der Waals surface area contributed by atoms with Crippen molar-refractivity contribution in [1.82, 2.24) is 0 Å². The van der Waals surface area contributed by atoms with Gasteiger partial charge in [0.2, 0.25) is 0 Å². The van der Waals surface area contributed by atoms with Gasteiger partial charge in [-0.2, -0.15) is 0 Å². The fourth-order valence-corrected chi connectivity index (χ4v) is 10.7. The van der Waals surface area contributed by atoms with Gasteiger partial charge in [0.05, 0.1) is 26.4 Å². The van der Waals surface area contributed by atoms with Crippen LogP contribution in [0.2, 0.25) is 0 Å². The molecular formula is C61H118O17P2. The summed E-state index contributed by atoms with van der Waals surface area (Å²) < 4.78 is 67.8. The van der Waals surface area contributed by atoms with Crippen LogP contribution in [-0.2, 0) is 65.4 Å². The van der Waals surface area contributed by atoms with Crippen molar-refractivity contribution in [3.63, 3.8) is 0 Å². The number of carbonyl (C=O) groups is 4. The second kappa shape index (κ2) is 56.2. The third-order valence-corrected chi connectivity index (χ3v) is 16.0. The number of aliphatic hydroxyl groups excluding tert-OH is 1. The number of esters is 4. The van der Waals surface area contributed by atoms with Gasteiger partial charge in [-0.05, 0) is 25.7 Å². The molecule has 3 N–H and O–H groups in total. The molecule has 0 aromatic rings. The number of hydrogen-bond acceptors (Lipinski definition) is 15. The van der Waals surface area contributed by atoms with Crippen molar-refractivity contribution in [2.24, 2.45) is 0 Å². The maximum Gasteiger partial charge on any atom is 0.472 e. The van der Waals surface area contributed by atoms with Gasteiger partial charge >= 0.3 is 39.5 Å². The first kappa shape index (κ1) is 78.1. The van der Waals surface area contributed by atoms with Gasteiger partial charge in [-0.1, -0.05) is 259 Å². The Kier molecular flexibility index (Phi) is 54.8. The van der Waals surface area contributed by atoms with Crippen molar-refractivity contribution >= 4 is 39.5 Å². The predicted molar refractivity (Wildman–Crippen MR) is 317 cm³/mol. The Bertz CT molecular complexity index is 1550. The molecule has 17 nitrogen and oxygen atoms in total. The Labute approximate surface area is 486 Å². The number of phosphoric ester groups is 2. The van der Waals surface area contributed by atoms with Crippen LogP contribution < -0.4 is 0 Å². The topological polar surface area (TPSA) is 237 Å². The van der Waals surface area contributed by atoms with Crippen LogP contribution in [0.4, 0.5) is 0 Å². The molecule has 0 aliphatic rings. The average molecular weight is 1190 g/mol. The van der Waals surface area contributed by atoms with Crippen molar-refractivity contribution in [2.75, 3.05) is 39.6 Å². The van der Waals surface area contributed by atoms with Crippen molar-refractivity contribution in [3.05, 3.63) is 0 Å². The van der Waals surface area contributed by atoms with Gasteiger partial charge in [0.1, 0.15) is 19.3 Å². The molecule has 0 saturated heterocycles. The van der Waals surface area contributed by atoms with Gasteiger partial charge < -0.3 is 33.8 Å². The summed E-state index contributed by atoms with van der Waals surface area (Å²) in [5.41, 5.74) is 0. The Morgan fingerprint density at radius 3 is 0.738 bits per heavy atom. The molecule has 0 heterocycles. The SMILES string of the molecule is CCCCCCCCCCCCCCC(=O)OC[C@H](COP(=O)(O)OC[C@H](O)COP(=O)(O)OC[C@@H](COC(=O)CCCCCCCCC)OC(=O)CCCCCCCCCCCCCC)OC(=O)CCCCCCCCCCC. The van der Waals surface area contributed by atoms with Crippen LogP contribution in [-0.4, -0.2) is 96.7 Å². The highest BCUT2D eigenvalue weighted by molar-refractivity contribution is 7.47. The van der Waals surface area contributed by atoms with E-state index < -0.39 is 97.5 Å². The average Bonchev–Trinajstić information content (AvgIpc) is 3.43. The lowest BCUT2D eigenvalue weighted by Crippen LogP contribution is -2.30. The minimum absolute atomic E-state index is 0.106. The molecule has 474 valence electrons. The van der Waals surface area contributed by atoms with E-state index in [1.807, 2.05) is 0 Å². The van der Waals surface area contributed by atoms with Gasteiger partial charge in [0.25, 0.3) is 0 Å². The van der Waals surface area contributed by atoms with Gasteiger partial charge in [-0.3, -0.25) is 37.3 Å².